The van der Waals surface area contributed by atoms with E-state index in [0.717, 1.165) is 61.7 Å². The van der Waals surface area contributed by atoms with Crippen molar-refractivity contribution in [3.05, 3.63) is 146 Å². The van der Waals surface area contributed by atoms with E-state index in [0.29, 0.717) is 17.2 Å². The van der Waals surface area contributed by atoms with Crippen LogP contribution in [0, 0.1) is 0 Å². The number of ether oxygens (including phenoxy) is 2. The number of nitrogens with zero attached hydrogens (tertiary/aromatic N) is 4. The van der Waals surface area contributed by atoms with Gasteiger partial charge in [0.25, 0.3) is 0 Å². The van der Waals surface area contributed by atoms with Gasteiger partial charge in [-0.25, -0.2) is 0 Å². The third kappa shape index (κ3) is 3.82. The highest BCUT2D eigenvalue weighted by atomic mass is 16.6. The Kier molecular flexibility index (Phi) is 5.40. The molecule has 0 spiro atoms. The van der Waals surface area contributed by atoms with Crippen molar-refractivity contribution < 1.29 is 9.47 Å². The zero-order valence-electron chi connectivity index (χ0n) is 23.5. The summed E-state index contributed by atoms with van der Waals surface area (Å²) in [4.78, 5) is 0. The minimum absolute atomic E-state index is 0.696. The van der Waals surface area contributed by atoms with E-state index < -0.39 is 0 Å². The van der Waals surface area contributed by atoms with Crippen molar-refractivity contribution >= 4 is 21.8 Å². The lowest BCUT2D eigenvalue weighted by atomic mass is 10.1. The summed E-state index contributed by atoms with van der Waals surface area (Å²) in [5, 5.41) is 11.5. The van der Waals surface area contributed by atoms with Crippen LogP contribution in [-0.4, -0.2) is 19.3 Å². The molecule has 0 unspecified atom stereocenters. The molecule has 0 saturated carbocycles. The van der Waals surface area contributed by atoms with E-state index in [-0.39, 0.29) is 0 Å². The van der Waals surface area contributed by atoms with Gasteiger partial charge in [0, 0.05) is 39.3 Å². The normalized spacial score (nSPS) is 12.0. The summed E-state index contributed by atoms with van der Waals surface area (Å²) in [5.41, 5.74) is 6.16. The topological polar surface area (TPSA) is 54.1 Å². The van der Waals surface area contributed by atoms with Crippen molar-refractivity contribution in [3.63, 3.8) is 0 Å². The Morgan fingerprint density at radius 2 is 0.886 bits per heavy atom. The Bertz CT molecular complexity index is 2260. The Morgan fingerprint density at radius 3 is 1.50 bits per heavy atom. The first-order valence-corrected chi connectivity index (χ1v) is 14.5. The standard InChI is InChI=1S/C38H24N4O2/c1-3-11-25(12-4-1)37-39-40-38(26-13-5-2-6-14-26)42(37)28-21-19-27(20-22-28)41-31-16-8-7-15-29(31)30-23-35-36(24-32(30)41)44-34-18-10-9-17-33(34)43-35/h1-24H. The summed E-state index contributed by atoms with van der Waals surface area (Å²) in [6.45, 7) is 0. The molecule has 208 valence electrons. The maximum atomic E-state index is 6.30. The van der Waals surface area contributed by atoms with E-state index in [1.54, 1.807) is 0 Å². The largest absolute Gasteiger partial charge is 0.449 e. The lowest BCUT2D eigenvalue weighted by Crippen LogP contribution is -2.02. The molecule has 0 radical (unpaired) electrons. The van der Waals surface area contributed by atoms with Crippen molar-refractivity contribution in [1.82, 2.24) is 19.3 Å². The van der Waals surface area contributed by atoms with Crippen LogP contribution in [0.15, 0.2) is 146 Å². The third-order valence-electron chi connectivity index (χ3n) is 8.12. The van der Waals surface area contributed by atoms with Gasteiger partial charge in [0.1, 0.15) is 0 Å². The highest BCUT2D eigenvalue weighted by molar-refractivity contribution is 6.10. The van der Waals surface area contributed by atoms with Gasteiger partial charge in [-0.3, -0.25) is 4.57 Å². The molecule has 0 atom stereocenters. The molecular formula is C38H24N4O2. The van der Waals surface area contributed by atoms with E-state index in [4.69, 9.17) is 9.47 Å². The maximum absolute atomic E-state index is 6.30. The molecule has 8 aromatic rings. The second-order valence-electron chi connectivity index (χ2n) is 10.8. The van der Waals surface area contributed by atoms with Crippen molar-refractivity contribution in [2.75, 3.05) is 0 Å². The van der Waals surface area contributed by atoms with Crippen LogP contribution in [0.1, 0.15) is 0 Å². The lowest BCUT2D eigenvalue weighted by Gasteiger charge is -2.20. The molecule has 6 heteroatoms. The van der Waals surface area contributed by atoms with Crippen LogP contribution < -0.4 is 9.47 Å². The number of fused-ring (bicyclic) bond motifs is 5. The molecule has 44 heavy (non-hydrogen) atoms. The Hall–Kier alpha value is -6.14. The van der Waals surface area contributed by atoms with Gasteiger partial charge in [-0.15, -0.1) is 10.2 Å². The molecule has 0 N–H and O–H groups in total. The van der Waals surface area contributed by atoms with E-state index in [9.17, 15) is 0 Å². The third-order valence-corrected chi connectivity index (χ3v) is 8.12. The molecule has 0 fully saturated rings. The van der Waals surface area contributed by atoms with E-state index in [1.807, 2.05) is 60.7 Å². The summed E-state index contributed by atoms with van der Waals surface area (Å²) in [5.74, 6) is 4.42. The van der Waals surface area contributed by atoms with Gasteiger partial charge < -0.3 is 14.0 Å². The number of hydrogen-bond acceptors (Lipinski definition) is 4. The first-order chi connectivity index (χ1) is 21.8. The van der Waals surface area contributed by atoms with Crippen LogP contribution in [-0.2, 0) is 0 Å². The van der Waals surface area contributed by atoms with E-state index in [2.05, 4.69) is 104 Å². The van der Waals surface area contributed by atoms with Gasteiger partial charge in [-0.2, -0.15) is 0 Å². The van der Waals surface area contributed by atoms with E-state index >= 15 is 0 Å². The predicted octanol–water partition coefficient (Wildman–Crippen LogP) is 9.60. The molecule has 3 heterocycles. The summed E-state index contributed by atoms with van der Waals surface area (Å²) < 4.78 is 17.0. The molecule has 0 bridgehead atoms. The molecular weight excluding hydrogens is 544 g/mol. The van der Waals surface area contributed by atoms with Gasteiger partial charge in [0.05, 0.1) is 11.0 Å². The van der Waals surface area contributed by atoms with Crippen LogP contribution in [0.25, 0.3) is 56.0 Å². The average molecular weight is 569 g/mol. The number of para-hydroxylation sites is 3. The zero-order chi connectivity index (χ0) is 29.0. The van der Waals surface area contributed by atoms with Crippen molar-refractivity contribution in [3.8, 4) is 57.1 Å². The smallest absolute Gasteiger partial charge is 0.172 e. The lowest BCUT2D eigenvalue weighted by molar-refractivity contribution is 0.360. The van der Waals surface area contributed by atoms with Gasteiger partial charge >= 0.3 is 0 Å². The quantitative estimate of drug-likeness (QED) is 0.212. The molecule has 0 amide bonds. The van der Waals surface area contributed by atoms with Crippen LogP contribution in [0.4, 0.5) is 0 Å². The van der Waals surface area contributed by atoms with Gasteiger partial charge in [0.15, 0.2) is 34.6 Å². The van der Waals surface area contributed by atoms with Crippen molar-refractivity contribution in [2.45, 2.75) is 0 Å². The molecule has 1 aliphatic rings. The maximum Gasteiger partial charge on any atom is 0.172 e. The molecule has 1 aliphatic heterocycles. The second-order valence-corrected chi connectivity index (χ2v) is 10.8. The highest BCUT2D eigenvalue weighted by Gasteiger charge is 2.23. The highest BCUT2D eigenvalue weighted by Crippen LogP contribution is 2.48. The summed E-state index contributed by atoms with van der Waals surface area (Å²) in [6, 6.07) is 49.3. The summed E-state index contributed by atoms with van der Waals surface area (Å²) >= 11 is 0. The van der Waals surface area contributed by atoms with Crippen LogP contribution >= 0.6 is 0 Å². The average Bonchev–Trinajstić information content (AvgIpc) is 3.67. The Morgan fingerprint density at radius 1 is 0.386 bits per heavy atom. The van der Waals surface area contributed by atoms with Gasteiger partial charge in [0.2, 0.25) is 0 Å². The minimum atomic E-state index is 0.696. The zero-order valence-corrected chi connectivity index (χ0v) is 23.5. The fourth-order valence-corrected chi connectivity index (χ4v) is 6.10. The molecule has 9 rings (SSSR count). The monoisotopic (exact) mass is 568 g/mol. The molecule has 0 saturated heterocycles. The van der Waals surface area contributed by atoms with Crippen LogP contribution in [0.5, 0.6) is 23.0 Å². The van der Waals surface area contributed by atoms with E-state index in [1.165, 1.54) is 0 Å². The molecule has 6 aromatic carbocycles. The fourth-order valence-electron chi connectivity index (χ4n) is 6.10. The number of aromatic nitrogens is 4. The number of rotatable bonds is 4. The molecule has 6 nitrogen and oxygen atoms in total. The number of hydrogen-bond donors (Lipinski definition) is 0. The summed E-state index contributed by atoms with van der Waals surface area (Å²) in [7, 11) is 0. The Balaban J connectivity index is 1.20. The van der Waals surface area contributed by atoms with Gasteiger partial charge in [-0.05, 0) is 48.5 Å². The first kappa shape index (κ1) is 24.5. The molecule has 2 aromatic heterocycles. The minimum Gasteiger partial charge on any atom is -0.449 e. The van der Waals surface area contributed by atoms with Crippen LogP contribution in [0.3, 0.4) is 0 Å². The molecule has 0 aliphatic carbocycles. The predicted molar refractivity (Wildman–Crippen MR) is 173 cm³/mol. The number of benzene rings is 6. The van der Waals surface area contributed by atoms with Crippen molar-refractivity contribution in [2.24, 2.45) is 0 Å². The van der Waals surface area contributed by atoms with Crippen LogP contribution in [0.2, 0.25) is 0 Å². The SMILES string of the molecule is c1ccc(-c2nnc(-c3ccccc3)n2-c2ccc(-n3c4ccccc4c4cc5c(cc43)Oc3ccccc3O5)cc2)cc1. The van der Waals surface area contributed by atoms with Gasteiger partial charge in [-0.1, -0.05) is 91.0 Å². The first-order valence-electron chi connectivity index (χ1n) is 14.5. The van der Waals surface area contributed by atoms with Crippen molar-refractivity contribution in [1.29, 1.82) is 0 Å². The Labute approximate surface area is 253 Å². The summed E-state index contributed by atoms with van der Waals surface area (Å²) in [6.07, 6.45) is 0. The fraction of sp³-hybridized carbons (Fsp3) is 0. The second kappa shape index (κ2) is 9.71.